The van der Waals surface area contributed by atoms with Crippen LogP contribution < -0.4 is 5.32 Å². The number of carbonyl (C=O) groups excluding carboxylic acids is 2. The first-order valence-corrected chi connectivity index (χ1v) is 11.2. The average Bonchev–Trinajstić information content (AvgIpc) is 3.37. The summed E-state index contributed by atoms with van der Waals surface area (Å²) in [5, 5.41) is 13.7. The third-order valence-corrected chi connectivity index (χ3v) is 6.13. The Morgan fingerprint density at radius 3 is 2.77 bits per heavy atom. The van der Waals surface area contributed by atoms with Gasteiger partial charge in [-0.2, -0.15) is 0 Å². The number of benzene rings is 1. The number of amides is 1. The fourth-order valence-electron chi connectivity index (χ4n) is 2.91. The van der Waals surface area contributed by atoms with Gasteiger partial charge in [-0.3, -0.25) is 9.20 Å². The predicted octanol–water partition coefficient (Wildman–Crippen LogP) is 4.50. The molecule has 158 valence electrons. The summed E-state index contributed by atoms with van der Waals surface area (Å²) in [5.41, 5.74) is 2.18. The molecule has 0 radical (unpaired) electrons. The van der Waals surface area contributed by atoms with E-state index < -0.39 is 5.97 Å². The molecular weight excluding hydrogens is 439 g/mol. The minimum absolute atomic E-state index is 0.0851. The zero-order valence-corrected chi connectivity index (χ0v) is 18.0. The van der Waals surface area contributed by atoms with Gasteiger partial charge in [0.05, 0.1) is 12.4 Å². The van der Waals surface area contributed by atoms with Gasteiger partial charge < -0.3 is 10.1 Å². The Morgan fingerprint density at radius 2 is 2.00 bits per heavy atom. The first-order chi connectivity index (χ1) is 15.1. The number of ether oxygens (including phenoxy) is 1. The van der Waals surface area contributed by atoms with Crippen LogP contribution >= 0.6 is 23.1 Å². The number of nitrogens with zero attached hydrogens (tertiary/aromatic N) is 3. The van der Waals surface area contributed by atoms with Gasteiger partial charge in [-0.1, -0.05) is 30.0 Å². The predicted molar refractivity (Wildman–Crippen MR) is 118 cm³/mol. The summed E-state index contributed by atoms with van der Waals surface area (Å²) in [7, 11) is 0. The number of hydrogen-bond donors (Lipinski definition) is 1. The van der Waals surface area contributed by atoms with E-state index in [4.69, 9.17) is 4.74 Å². The number of anilines is 1. The third kappa shape index (κ3) is 4.59. The molecule has 1 amide bonds. The van der Waals surface area contributed by atoms with Crippen LogP contribution in [0.15, 0.2) is 59.2 Å². The third-order valence-electron chi connectivity index (χ3n) is 4.29. The molecule has 0 fully saturated rings. The van der Waals surface area contributed by atoms with E-state index in [0.29, 0.717) is 26.9 Å². The smallest absolute Gasteiger partial charge is 0.341 e. The molecule has 4 aromatic rings. The van der Waals surface area contributed by atoms with Crippen LogP contribution in [-0.2, 0) is 9.53 Å². The molecule has 7 nitrogen and oxygen atoms in total. The zero-order chi connectivity index (χ0) is 21.8. The molecule has 0 aliphatic carbocycles. The second-order valence-corrected chi connectivity index (χ2v) is 8.15. The van der Waals surface area contributed by atoms with E-state index in [9.17, 15) is 14.0 Å². The SMILES string of the molecule is CCOC(=O)c1c(-c2ccc(F)cc2)csc1NC(=O)CSc1nnc2ccccn12. The Kier molecular flexibility index (Phi) is 6.28. The highest BCUT2D eigenvalue weighted by atomic mass is 32.2. The standard InChI is InChI=1S/C21H17FN4O3S2/c1-2-29-20(28)18-15(13-6-8-14(22)9-7-13)11-30-19(18)23-17(27)12-31-21-25-24-16-5-3-4-10-26(16)21/h3-11H,2,12H2,1H3,(H,23,27). The summed E-state index contributed by atoms with van der Waals surface area (Å²) in [4.78, 5) is 25.2. The van der Waals surface area contributed by atoms with Crippen LogP contribution in [0.25, 0.3) is 16.8 Å². The van der Waals surface area contributed by atoms with Crippen molar-refractivity contribution < 1.29 is 18.7 Å². The van der Waals surface area contributed by atoms with Crippen molar-refractivity contribution in [3.8, 4) is 11.1 Å². The van der Waals surface area contributed by atoms with Crippen LogP contribution in [0.1, 0.15) is 17.3 Å². The number of pyridine rings is 1. The van der Waals surface area contributed by atoms with Crippen molar-refractivity contribution in [2.24, 2.45) is 0 Å². The molecule has 0 aliphatic heterocycles. The Morgan fingerprint density at radius 1 is 1.19 bits per heavy atom. The van der Waals surface area contributed by atoms with Crippen LogP contribution in [-0.4, -0.2) is 38.8 Å². The Labute approximate surface area is 185 Å². The molecule has 0 spiro atoms. The lowest BCUT2D eigenvalue weighted by molar-refractivity contribution is -0.113. The second-order valence-electron chi connectivity index (χ2n) is 6.33. The van der Waals surface area contributed by atoms with Gasteiger partial charge in [0, 0.05) is 17.1 Å². The molecule has 0 atom stereocenters. The topological polar surface area (TPSA) is 85.6 Å². The maximum absolute atomic E-state index is 13.3. The van der Waals surface area contributed by atoms with Crippen LogP contribution in [0, 0.1) is 5.82 Å². The number of thiophene rings is 1. The summed E-state index contributed by atoms with van der Waals surface area (Å²) < 4.78 is 20.3. The maximum Gasteiger partial charge on any atom is 0.341 e. The molecule has 0 saturated carbocycles. The second kappa shape index (κ2) is 9.27. The fraction of sp³-hybridized carbons (Fsp3) is 0.143. The molecule has 0 unspecified atom stereocenters. The molecule has 31 heavy (non-hydrogen) atoms. The molecule has 1 N–H and O–H groups in total. The quantitative estimate of drug-likeness (QED) is 0.325. The van der Waals surface area contributed by atoms with Gasteiger partial charge >= 0.3 is 5.97 Å². The van der Waals surface area contributed by atoms with Gasteiger partial charge in [0.15, 0.2) is 10.8 Å². The summed E-state index contributed by atoms with van der Waals surface area (Å²) in [6, 6.07) is 11.3. The van der Waals surface area contributed by atoms with Crippen molar-refractivity contribution in [3.05, 3.63) is 65.4 Å². The highest BCUT2D eigenvalue weighted by Gasteiger charge is 2.23. The molecule has 3 aromatic heterocycles. The molecule has 0 bridgehead atoms. The minimum Gasteiger partial charge on any atom is -0.462 e. The van der Waals surface area contributed by atoms with Crippen LogP contribution in [0.3, 0.4) is 0 Å². The largest absolute Gasteiger partial charge is 0.462 e. The first-order valence-electron chi connectivity index (χ1n) is 9.33. The molecule has 10 heteroatoms. The summed E-state index contributed by atoms with van der Waals surface area (Å²) in [5.74, 6) is -1.13. The number of halogens is 1. The van der Waals surface area contributed by atoms with E-state index >= 15 is 0 Å². The first kappa shape index (κ1) is 21.0. The molecule has 3 heterocycles. The zero-order valence-electron chi connectivity index (χ0n) is 16.4. The van der Waals surface area contributed by atoms with E-state index in [1.54, 1.807) is 28.8 Å². The van der Waals surface area contributed by atoms with Crippen LogP contribution in [0.2, 0.25) is 0 Å². The fourth-order valence-corrected chi connectivity index (χ4v) is 4.61. The Balaban J connectivity index is 1.53. The van der Waals surface area contributed by atoms with E-state index in [-0.39, 0.29) is 29.6 Å². The number of hydrogen-bond acceptors (Lipinski definition) is 7. The summed E-state index contributed by atoms with van der Waals surface area (Å²) in [6.45, 7) is 1.90. The highest BCUT2D eigenvalue weighted by Crippen LogP contribution is 2.36. The summed E-state index contributed by atoms with van der Waals surface area (Å²) >= 11 is 2.45. The number of esters is 1. The molecule has 1 aromatic carbocycles. The van der Waals surface area contributed by atoms with Gasteiger partial charge in [0.1, 0.15) is 16.4 Å². The van der Waals surface area contributed by atoms with E-state index in [2.05, 4.69) is 15.5 Å². The lowest BCUT2D eigenvalue weighted by atomic mass is 10.0. The monoisotopic (exact) mass is 456 g/mol. The van der Waals surface area contributed by atoms with Crippen molar-refractivity contribution in [3.63, 3.8) is 0 Å². The van der Waals surface area contributed by atoms with Gasteiger partial charge in [-0.25, -0.2) is 9.18 Å². The van der Waals surface area contributed by atoms with Gasteiger partial charge in [0.25, 0.3) is 0 Å². The normalized spacial score (nSPS) is 10.9. The number of thioether (sulfide) groups is 1. The number of aromatic nitrogens is 3. The lowest BCUT2D eigenvalue weighted by Crippen LogP contribution is -2.16. The number of carbonyl (C=O) groups is 2. The van der Waals surface area contributed by atoms with Crippen molar-refractivity contribution in [1.82, 2.24) is 14.6 Å². The number of fused-ring (bicyclic) bond motifs is 1. The van der Waals surface area contributed by atoms with Crippen molar-refractivity contribution >= 4 is 45.6 Å². The Hall–Kier alpha value is -3.24. The molecular formula is C21H17FN4O3S2. The summed E-state index contributed by atoms with van der Waals surface area (Å²) in [6.07, 6.45) is 1.82. The molecule has 0 saturated heterocycles. The van der Waals surface area contributed by atoms with Crippen molar-refractivity contribution in [2.75, 3.05) is 17.7 Å². The molecule has 0 aliphatic rings. The number of rotatable bonds is 7. The lowest BCUT2D eigenvalue weighted by Gasteiger charge is -2.09. The molecule has 4 rings (SSSR count). The Bertz CT molecular complexity index is 1240. The van der Waals surface area contributed by atoms with Gasteiger partial charge in [-0.05, 0) is 36.8 Å². The average molecular weight is 457 g/mol. The van der Waals surface area contributed by atoms with Crippen molar-refractivity contribution in [1.29, 1.82) is 0 Å². The van der Waals surface area contributed by atoms with E-state index in [0.717, 1.165) is 0 Å². The van der Waals surface area contributed by atoms with E-state index in [1.165, 1.54) is 35.2 Å². The van der Waals surface area contributed by atoms with Crippen molar-refractivity contribution in [2.45, 2.75) is 12.1 Å². The highest BCUT2D eigenvalue weighted by molar-refractivity contribution is 7.99. The number of nitrogens with one attached hydrogen (secondary N) is 1. The van der Waals surface area contributed by atoms with Crippen LogP contribution in [0.5, 0.6) is 0 Å². The maximum atomic E-state index is 13.3. The van der Waals surface area contributed by atoms with Gasteiger partial charge in [-0.15, -0.1) is 21.5 Å². The minimum atomic E-state index is -0.547. The van der Waals surface area contributed by atoms with E-state index in [1.807, 2.05) is 24.4 Å². The van der Waals surface area contributed by atoms with Gasteiger partial charge in [0.2, 0.25) is 5.91 Å². The van der Waals surface area contributed by atoms with Crippen LogP contribution in [0.4, 0.5) is 9.39 Å².